The molecule has 2 rings (SSSR count). The summed E-state index contributed by atoms with van der Waals surface area (Å²) in [5.41, 5.74) is 1.59. The van der Waals surface area contributed by atoms with Crippen LogP contribution in [0.25, 0.3) is 0 Å². The molecule has 0 atom stereocenters. The summed E-state index contributed by atoms with van der Waals surface area (Å²) in [4.78, 5) is 4.30. The third-order valence-corrected chi connectivity index (χ3v) is 3.47. The van der Waals surface area contributed by atoms with Gasteiger partial charge < -0.3 is 5.32 Å². The van der Waals surface area contributed by atoms with Crippen molar-refractivity contribution in [2.75, 3.05) is 17.6 Å². The van der Waals surface area contributed by atoms with E-state index in [2.05, 4.69) is 32.3 Å². The lowest BCUT2D eigenvalue weighted by atomic mass is 10.2. The molecule has 15 heavy (non-hydrogen) atoms. The molecule has 76 valence electrons. The number of nitrogens with zero attached hydrogens (tertiary/aromatic N) is 2. The summed E-state index contributed by atoms with van der Waals surface area (Å²) in [6, 6.07) is 7.55. The zero-order chi connectivity index (χ0) is 10.7. The Kier molecular flexibility index (Phi) is 3.29. The summed E-state index contributed by atoms with van der Waals surface area (Å²) >= 11 is 5.13. The van der Waals surface area contributed by atoms with E-state index in [1.54, 1.807) is 23.9 Å². The molecule has 0 aromatic heterocycles. The van der Waals surface area contributed by atoms with Gasteiger partial charge in [-0.15, -0.1) is 0 Å². The lowest BCUT2D eigenvalue weighted by Gasteiger charge is -2.07. The maximum absolute atomic E-state index is 8.72. The number of anilines is 1. The number of aliphatic imine (C=N–C) groups is 1. The van der Waals surface area contributed by atoms with Gasteiger partial charge in [-0.25, -0.2) is 0 Å². The van der Waals surface area contributed by atoms with Crippen LogP contribution in [0.4, 0.5) is 5.69 Å². The van der Waals surface area contributed by atoms with Crippen molar-refractivity contribution >= 4 is 38.5 Å². The van der Waals surface area contributed by atoms with Crippen molar-refractivity contribution in [2.45, 2.75) is 0 Å². The highest BCUT2D eigenvalue weighted by Crippen LogP contribution is 2.25. The van der Waals surface area contributed by atoms with Gasteiger partial charge in [-0.05, 0) is 34.1 Å². The predicted molar refractivity (Wildman–Crippen MR) is 67.2 cm³/mol. The molecular weight excluding hydrogens is 274 g/mol. The smallest absolute Gasteiger partial charge is 0.161 e. The standard InChI is InChI=1S/C10H8BrN3S/c11-8-5-7(6-12)1-2-9(8)14-10-13-3-4-15-10/h1-2,5H,3-4H2,(H,13,14). The molecule has 1 heterocycles. The molecule has 3 nitrogen and oxygen atoms in total. The Bertz CT molecular complexity index is 450. The fraction of sp³-hybridized carbons (Fsp3) is 0.200. The van der Waals surface area contributed by atoms with Crippen LogP contribution < -0.4 is 5.32 Å². The molecule has 0 saturated carbocycles. The normalized spacial score (nSPS) is 14.5. The number of hydrogen-bond acceptors (Lipinski definition) is 4. The Morgan fingerprint density at radius 1 is 1.53 bits per heavy atom. The van der Waals surface area contributed by atoms with Crippen LogP contribution in [-0.4, -0.2) is 17.5 Å². The second-order valence-corrected chi connectivity index (χ2v) is 4.90. The van der Waals surface area contributed by atoms with Crippen molar-refractivity contribution in [3.8, 4) is 6.07 Å². The molecule has 0 fully saturated rings. The van der Waals surface area contributed by atoms with E-state index in [0.717, 1.165) is 27.6 Å². The van der Waals surface area contributed by atoms with Crippen LogP contribution in [0, 0.1) is 11.3 Å². The summed E-state index contributed by atoms with van der Waals surface area (Å²) < 4.78 is 0.886. The van der Waals surface area contributed by atoms with Gasteiger partial charge in [0.2, 0.25) is 0 Å². The highest BCUT2D eigenvalue weighted by Gasteiger charge is 2.08. The zero-order valence-electron chi connectivity index (χ0n) is 7.83. The van der Waals surface area contributed by atoms with Gasteiger partial charge in [0, 0.05) is 10.2 Å². The molecule has 1 aromatic rings. The summed E-state index contributed by atoms with van der Waals surface area (Å²) in [5, 5.41) is 12.9. The molecule has 0 radical (unpaired) electrons. The fourth-order valence-corrected chi connectivity index (χ4v) is 2.43. The number of hydrogen-bond donors (Lipinski definition) is 1. The van der Waals surface area contributed by atoms with E-state index in [-0.39, 0.29) is 0 Å². The van der Waals surface area contributed by atoms with Crippen molar-refractivity contribution < 1.29 is 0 Å². The minimum Gasteiger partial charge on any atom is -0.334 e. The van der Waals surface area contributed by atoms with Gasteiger partial charge in [-0.3, -0.25) is 4.99 Å². The monoisotopic (exact) mass is 281 g/mol. The van der Waals surface area contributed by atoms with Gasteiger partial charge in [0.1, 0.15) is 0 Å². The van der Waals surface area contributed by atoms with Crippen molar-refractivity contribution in [3.63, 3.8) is 0 Å². The first-order chi connectivity index (χ1) is 7.29. The lowest BCUT2D eigenvalue weighted by Crippen LogP contribution is -2.05. The van der Waals surface area contributed by atoms with Gasteiger partial charge in [0.25, 0.3) is 0 Å². The molecule has 0 bridgehead atoms. The number of halogens is 1. The van der Waals surface area contributed by atoms with Crippen LogP contribution in [0.2, 0.25) is 0 Å². The average Bonchev–Trinajstić information content (AvgIpc) is 2.74. The van der Waals surface area contributed by atoms with Crippen molar-refractivity contribution in [1.29, 1.82) is 5.26 Å². The number of nitriles is 1. The minimum atomic E-state index is 0.647. The maximum atomic E-state index is 8.72. The topological polar surface area (TPSA) is 48.2 Å². The number of benzene rings is 1. The lowest BCUT2D eigenvalue weighted by molar-refractivity contribution is 1.17. The maximum Gasteiger partial charge on any atom is 0.161 e. The predicted octanol–water partition coefficient (Wildman–Crippen LogP) is 2.84. The fourth-order valence-electron chi connectivity index (χ4n) is 1.21. The first-order valence-electron chi connectivity index (χ1n) is 4.43. The van der Waals surface area contributed by atoms with E-state index in [1.807, 2.05) is 6.07 Å². The Labute approximate surface area is 101 Å². The van der Waals surface area contributed by atoms with E-state index < -0.39 is 0 Å². The number of nitrogens with one attached hydrogen (secondary N) is 1. The van der Waals surface area contributed by atoms with E-state index in [0.29, 0.717) is 5.56 Å². The van der Waals surface area contributed by atoms with Crippen LogP contribution in [-0.2, 0) is 0 Å². The van der Waals surface area contributed by atoms with Crippen molar-refractivity contribution in [2.24, 2.45) is 4.99 Å². The number of rotatable bonds is 1. The second-order valence-electron chi connectivity index (χ2n) is 2.97. The van der Waals surface area contributed by atoms with E-state index in [9.17, 15) is 0 Å². The number of amidine groups is 1. The molecule has 5 heteroatoms. The highest BCUT2D eigenvalue weighted by atomic mass is 79.9. The van der Waals surface area contributed by atoms with E-state index in [1.165, 1.54) is 0 Å². The SMILES string of the molecule is N#Cc1ccc(NC2=NCCS2)c(Br)c1. The third kappa shape index (κ3) is 2.52. The Morgan fingerprint density at radius 3 is 3.00 bits per heavy atom. The van der Waals surface area contributed by atoms with Gasteiger partial charge in [0.05, 0.1) is 23.9 Å². The molecule has 0 amide bonds. The minimum absolute atomic E-state index is 0.647. The van der Waals surface area contributed by atoms with Crippen LogP contribution in [0.1, 0.15) is 5.56 Å². The molecule has 0 saturated heterocycles. The molecule has 1 aliphatic heterocycles. The average molecular weight is 282 g/mol. The van der Waals surface area contributed by atoms with E-state index in [4.69, 9.17) is 5.26 Å². The quantitative estimate of drug-likeness (QED) is 0.861. The zero-order valence-corrected chi connectivity index (χ0v) is 10.2. The number of thioether (sulfide) groups is 1. The molecule has 0 unspecified atom stereocenters. The molecule has 1 aromatic carbocycles. The second kappa shape index (κ2) is 4.69. The van der Waals surface area contributed by atoms with Gasteiger partial charge in [-0.2, -0.15) is 5.26 Å². The van der Waals surface area contributed by atoms with Crippen molar-refractivity contribution in [1.82, 2.24) is 0 Å². The van der Waals surface area contributed by atoms with Crippen LogP contribution in [0.3, 0.4) is 0 Å². The summed E-state index contributed by atoms with van der Waals surface area (Å²) in [7, 11) is 0. The highest BCUT2D eigenvalue weighted by molar-refractivity contribution is 9.10. The molecule has 0 aliphatic carbocycles. The first-order valence-corrected chi connectivity index (χ1v) is 6.21. The summed E-state index contributed by atoms with van der Waals surface area (Å²) in [6.07, 6.45) is 0. The Hall–Kier alpha value is -0.990. The molecule has 1 aliphatic rings. The molecule has 0 spiro atoms. The molecular formula is C10H8BrN3S. The first kappa shape index (κ1) is 10.5. The van der Waals surface area contributed by atoms with Crippen LogP contribution >= 0.6 is 27.7 Å². The van der Waals surface area contributed by atoms with Crippen LogP contribution in [0.15, 0.2) is 27.7 Å². The third-order valence-electron chi connectivity index (χ3n) is 1.93. The summed E-state index contributed by atoms with van der Waals surface area (Å²) in [6.45, 7) is 0.876. The Balaban J connectivity index is 2.19. The van der Waals surface area contributed by atoms with E-state index >= 15 is 0 Å². The molecule has 1 N–H and O–H groups in total. The Morgan fingerprint density at radius 2 is 2.40 bits per heavy atom. The van der Waals surface area contributed by atoms with Crippen LogP contribution in [0.5, 0.6) is 0 Å². The van der Waals surface area contributed by atoms with Crippen molar-refractivity contribution in [3.05, 3.63) is 28.2 Å². The van der Waals surface area contributed by atoms with Gasteiger partial charge >= 0.3 is 0 Å². The van der Waals surface area contributed by atoms with Gasteiger partial charge in [0.15, 0.2) is 5.17 Å². The van der Waals surface area contributed by atoms with Gasteiger partial charge in [-0.1, -0.05) is 11.8 Å². The largest absolute Gasteiger partial charge is 0.334 e. The summed E-state index contributed by atoms with van der Waals surface area (Å²) in [5.74, 6) is 1.04.